The molecule has 0 saturated heterocycles. The van der Waals surface area contributed by atoms with Gasteiger partial charge in [0, 0.05) is 53.6 Å². The topological polar surface area (TPSA) is 93.8 Å². The van der Waals surface area contributed by atoms with E-state index in [1.54, 1.807) is 24.7 Å². The molecule has 0 atom stereocenters. The van der Waals surface area contributed by atoms with Crippen molar-refractivity contribution in [2.45, 2.75) is 19.9 Å². The van der Waals surface area contributed by atoms with Gasteiger partial charge in [-0.25, -0.2) is 4.98 Å². The van der Waals surface area contributed by atoms with Crippen LogP contribution in [-0.2, 0) is 13.0 Å². The van der Waals surface area contributed by atoms with Crippen molar-refractivity contribution < 1.29 is 4.79 Å². The summed E-state index contributed by atoms with van der Waals surface area (Å²) in [5, 5.41) is 6.55. The molecule has 3 aromatic heterocycles. The summed E-state index contributed by atoms with van der Waals surface area (Å²) >= 11 is 6.08. The molecule has 5 rings (SSSR count). The van der Waals surface area contributed by atoms with Gasteiger partial charge in [0.05, 0.1) is 10.5 Å². The molecule has 1 amide bonds. The zero-order valence-electron chi connectivity index (χ0n) is 18.5. The first-order valence-electron chi connectivity index (χ1n) is 10.9. The Morgan fingerprint density at radius 3 is 2.71 bits per heavy atom. The first-order chi connectivity index (χ1) is 16.5. The van der Waals surface area contributed by atoms with E-state index in [4.69, 9.17) is 17.3 Å². The van der Waals surface area contributed by atoms with E-state index in [9.17, 15) is 4.79 Å². The molecule has 0 aliphatic carbocycles. The number of nitrogens with zero attached hydrogens (tertiary/aromatic N) is 3. The van der Waals surface area contributed by atoms with Crippen molar-refractivity contribution in [2.24, 2.45) is 0 Å². The lowest BCUT2D eigenvalue weighted by Crippen LogP contribution is -2.23. The van der Waals surface area contributed by atoms with Gasteiger partial charge >= 0.3 is 0 Å². The highest BCUT2D eigenvalue weighted by Gasteiger charge is 2.11. The maximum Gasteiger partial charge on any atom is 0.251 e. The lowest BCUT2D eigenvalue weighted by atomic mass is 10.0. The number of carbonyl (C=O) groups is 1. The number of nitrogens with two attached hydrogens (primary N) is 1. The summed E-state index contributed by atoms with van der Waals surface area (Å²) in [4.78, 5) is 25.8. The molecule has 0 unspecified atom stereocenters. The number of fused-ring (bicyclic) bond motifs is 2. The van der Waals surface area contributed by atoms with Crippen molar-refractivity contribution >= 4 is 45.0 Å². The summed E-state index contributed by atoms with van der Waals surface area (Å²) in [7, 11) is 0. The molecule has 3 heterocycles. The number of carbonyl (C=O) groups excluding carboxylic acids is 1. The third-order valence-electron chi connectivity index (χ3n) is 5.97. The Morgan fingerprint density at radius 2 is 1.82 bits per heavy atom. The van der Waals surface area contributed by atoms with E-state index in [2.05, 4.69) is 20.3 Å². The SMILES string of the molecule is Cc1c(CNC(=O)c2ccnc(Cc3ccc4ncc(Cl)cc4c3)c2)ccc2c(N)nccc12. The number of nitrogen functional groups attached to an aromatic ring is 1. The second kappa shape index (κ2) is 9.08. The number of pyridine rings is 3. The summed E-state index contributed by atoms with van der Waals surface area (Å²) in [6, 6.07) is 17.3. The smallest absolute Gasteiger partial charge is 0.251 e. The highest BCUT2D eigenvalue weighted by atomic mass is 35.5. The van der Waals surface area contributed by atoms with Crippen molar-refractivity contribution in [3.05, 3.63) is 106 Å². The number of anilines is 1. The van der Waals surface area contributed by atoms with Crippen molar-refractivity contribution in [1.29, 1.82) is 0 Å². The molecule has 7 heteroatoms. The molecule has 2 aromatic carbocycles. The number of amides is 1. The van der Waals surface area contributed by atoms with Gasteiger partial charge in [0.2, 0.25) is 0 Å². The first kappa shape index (κ1) is 21.8. The predicted molar refractivity (Wildman–Crippen MR) is 136 cm³/mol. The van der Waals surface area contributed by atoms with Crippen LogP contribution < -0.4 is 11.1 Å². The van der Waals surface area contributed by atoms with E-state index in [0.29, 0.717) is 29.4 Å². The standard InChI is InChI=1S/C27H22ClN5O/c1-16-19(3-4-24-23(16)7-9-31-26(24)29)14-33-27(34)18-6-8-30-22(13-18)11-17-2-5-25-20(10-17)12-21(28)15-32-25/h2-10,12-13,15H,11,14H2,1H3,(H2,29,31)(H,33,34). The van der Waals surface area contributed by atoms with Gasteiger partial charge in [-0.3, -0.25) is 14.8 Å². The number of hydrogen-bond acceptors (Lipinski definition) is 5. The van der Waals surface area contributed by atoms with Crippen molar-refractivity contribution in [1.82, 2.24) is 20.3 Å². The Kier molecular flexibility index (Phi) is 5.82. The predicted octanol–water partition coefficient (Wildman–Crippen LogP) is 5.24. The molecule has 0 aliphatic rings. The third kappa shape index (κ3) is 4.40. The second-order valence-electron chi connectivity index (χ2n) is 8.22. The molecular weight excluding hydrogens is 446 g/mol. The van der Waals surface area contributed by atoms with Gasteiger partial charge in [-0.1, -0.05) is 29.8 Å². The van der Waals surface area contributed by atoms with Crippen LogP contribution in [0.4, 0.5) is 5.82 Å². The fourth-order valence-corrected chi connectivity index (χ4v) is 4.30. The van der Waals surface area contributed by atoms with Gasteiger partial charge in [-0.05, 0) is 65.4 Å². The maximum atomic E-state index is 12.9. The third-order valence-corrected chi connectivity index (χ3v) is 6.18. The lowest BCUT2D eigenvalue weighted by molar-refractivity contribution is 0.0950. The quantitative estimate of drug-likeness (QED) is 0.368. The van der Waals surface area contributed by atoms with Gasteiger partial charge < -0.3 is 11.1 Å². The highest BCUT2D eigenvalue weighted by molar-refractivity contribution is 6.31. The molecule has 168 valence electrons. The number of nitrogens with one attached hydrogen (secondary N) is 1. The minimum Gasteiger partial charge on any atom is -0.383 e. The van der Waals surface area contributed by atoms with Crippen LogP contribution in [0, 0.1) is 6.92 Å². The summed E-state index contributed by atoms with van der Waals surface area (Å²) in [6.45, 7) is 2.44. The largest absolute Gasteiger partial charge is 0.383 e. The monoisotopic (exact) mass is 467 g/mol. The van der Waals surface area contributed by atoms with Crippen molar-refractivity contribution in [3.63, 3.8) is 0 Å². The van der Waals surface area contributed by atoms with E-state index in [1.807, 2.05) is 55.5 Å². The summed E-state index contributed by atoms with van der Waals surface area (Å²) < 4.78 is 0. The molecule has 0 spiro atoms. The molecular formula is C27H22ClN5O. The van der Waals surface area contributed by atoms with E-state index < -0.39 is 0 Å². The molecule has 5 aromatic rings. The Bertz CT molecular complexity index is 1550. The molecule has 6 nitrogen and oxygen atoms in total. The van der Waals surface area contributed by atoms with Gasteiger partial charge in [-0.2, -0.15) is 0 Å². The van der Waals surface area contributed by atoms with E-state index in [1.165, 1.54) is 0 Å². The van der Waals surface area contributed by atoms with Crippen LogP contribution in [0.3, 0.4) is 0 Å². The Hall–Kier alpha value is -4.03. The summed E-state index contributed by atoms with van der Waals surface area (Å²) in [6.07, 6.45) is 5.61. The average Bonchev–Trinajstić information content (AvgIpc) is 2.84. The lowest BCUT2D eigenvalue weighted by Gasteiger charge is -2.12. The maximum absolute atomic E-state index is 12.9. The first-order valence-corrected chi connectivity index (χ1v) is 11.3. The molecule has 0 saturated carbocycles. The van der Waals surface area contributed by atoms with Gasteiger partial charge in [0.15, 0.2) is 0 Å². The molecule has 0 aliphatic heterocycles. The minimum absolute atomic E-state index is 0.146. The number of rotatable bonds is 5. The molecule has 0 fully saturated rings. The molecule has 34 heavy (non-hydrogen) atoms. The fraction of sp³-hybridized carbons (Fsp3) is 0.111. The van der Waals surface area contributed by atoms with E-state index in [-0.39, 0.29) is 5.91 Å². The van der Waals surface area contributed by atoms with Crippen LogP contribution in [0.2, 0.25) is 5.02 Å². The minimum atomic E-state index is -0.146. The molecule has 3 N–H and O–H groups in total. The van der Waals surface area contributed by atoms with Crippen LogP contribution in [0.25, 0.3) is 21.7 Å². The molecule has 0 radical (unpaired) electrons. The van der Waals surface area contributed by atoms with Crippen LogP contribution in [0.1, 0.15) is 32.7 Å². The number of hydrogen-bond donors (Lipinski definition) is 2. The Balaban J connectivity index is 1.31. The highest BCUT2D eigenvalue weighted by Crippen LogP contribution is 2.25. The average molecular weight is 468 g/mol. The van der Waals surface area contributed by atoms with Crippen LogP contribution in [0.15, 0.2) is 73.2 Å². The van der Waals surface area contributed by atoms with Crippen LogP contribution in [-0.4, -0.2) is 20.9 Å². The summed E-state index contributed by atoms with van der Waals surface area (Å²) in [5.41, 5.74) is 11.4. The van der Waals surface area contributed by atoms with Crippen LogP contribution >= 0.6 is 11.6 Å². The number of aryl methyl sites for hydroxylation is 1. The Morgan fingerprint density at radius 1 is 0.971 bits per heavy atom. The summed E-state index contributed by atoms with van der Waals surface area (Å²) in [5.74, 6) is 0.359. The number of benzene rings is 2. The van der Waals surface area contributed by atoms with Gasteiger partial charge in [-0.15, -0.1) is 0 Å². The Labute approximate surface area is 201 Å². The normalized spacial score (nSPS) is 11.1. The van der Waals surface area contributed by atoms with Crippen molar-refractivity contribution in [2.75, 3.05) is 5.73 Å². The van der Waals surface area contributed by atoms with E-state index >= 15 is 0 Å². The van der Waals surface area contributed by atoms with Gasteiger partial charge in [0.1, 0.15) is 5.82 Å². The number of aromatic nitrogens is 3. The van der Waals surface area contributed by atoms with Gasteiger partial charge in [0.25, 0.3) is 5.91 Å². The second-order valence-corrected chi connectivity index (χ2v) is 8.65. The fourth-order valence-electron chi connectivity index (χ4n) is 4.13. The molecule has 0 bridgehead atoms. The van der Waals surface area contributed by atoms with Crippen molar-refractivity contribution in [3.8, 4) is 0 Å². The zero-order valence-corrected chi connectivity index (χ0v) is 19.3. The van der Waals surface area contributed by atoms with E-state index in [0.717, 1.165) is 44.1 Å². The van der Waals surface area contributed by atoms with Crippen LogP contribution in [0.5, 0.6) is 0 Å². The number of halogens is 1. The zero-order chi connectivity index (χ0) is 23.7.